The molecule has 21 heavy (non-hydrogen) atoms. The van der Waals surface area contributed by atoms with Crippen LogP contribution in [0.3, 0.4) is 0 Å². The van der Waals surface area contributed by atoms with E-state index in [0.29, 0.717) is 26.2 Å². The minimum atomic E-state index is -0.320. The number of carbonyl (C=O) groups is 1. The first kappa shape index (κ1) is 13.2. The highest BCUT2D eigenvalue weighted by molar-refractivity contribution is 5.92. The quantitative estimate of drug-likeness (QED) is 0.801. The van der Waals surface area contributed by atoms with Crippen LogP contribution < -0.4 is 10.5 Å². The van der Waals surface area contributed by atoms with Crippen molar-refractivity contribution in [3.63, 3.8) is 0 Å². The summed E-state index contributed by atoms with van der Waals surface area (Å²) < 4.78 is 0. The van der Waals surface area contributed by atoms with Gasteiger partial charge in [-0.15, -0.1) is 0 Å². The number of amides is 1. The van der Waals surface area contributed by atoms with Crippen molar-refractivity contribution in [2.75, 3.05) is 31.1 Å². The predicted molar refractivity (Wildman–Crippen MR) is 75.0 cm³/mol. The molecule has 1 aliphatic rings. The summed E-state index contributed by atoms with van der Waals surface area (Å²) in [7, 11) is 0. The number of hydrogen-bond donors (Lipinski definition) is 1. The van der Waals surface area contributed by atoms with E-state index in [2.05, 4.69) is 25.1 Å². The Kier molecular flexibility index (Phi) is 3.59. The van der Waals surface area contributed by atoms with Crippen LogP contribution in [0.25, 0.3) is 0 Å². The van der Waals surface area contributed by atoms with Gasteiger partial charge >= 0.3 is 0 Å². The fourth-order valence-corrected chi connectivity index (χ4v) is 2.22. The maximum Gasteiger partial charge on any atom is 0.274 e. The van der Waals surface area contributed by atoms with Gasteiger partial charge in [0, 0.05) is 44.6 Å². The zero-order chi connectivity index (χ0) is 14.7. The van der Waals surface area contributed by atoms with Gasteiger partial charge in [0.25, 0.3) is 11.5 Å². The van der Waals surface area contributed by atoms with Crippen LogP contribution in [0.4, 0.5) is 5.82 Å². The molecule has 1 saturated heterocycles. The summed E-state index contributed by atoms with van der Waals surface area (Å²) in [6.45, 7) is 2.54. The van der Waals surface area contributed by atoms with E-state index in [1.54, 1.807) is 23.5 Å². The molecule has 0 aliphatic carbocycles. The largest absolute Gasteiger partial charge is 0.352 e. The van der Waals surface area contributed by atoms with Crippen molar-refractivity contribution in [3.05, 3.63) is 46.8 Å². The Morgan fingerprint density at radius 3 is 2.57 bits per heavy atom. The standard InChI is InChI=1S/C13H14N6O2/c20-12-2-1-10(16-17-12)13(21)19-7-5-18(6-8-19)11-9-14-3-4-15-11/h1-4,9H,5-8H2,(H,17,20). The highest BCUT2D eigenvalue weighted by atomic mass is 16.2. The topological polar surface area (TPSA) is 95.1 Å². The lowest BCUT2D eigenvalue weighted by Crippen LogP contribution is -2.49. The Morgan fingerprint density at radius 2 is 1.95 bits per heavy atom. The zero-order valence-electron chi connectivity index (χ0n) is 11.3. The van der Waals surface area contributed by atoms with E-state index in [-0.39, 0.29) is 17.2 Å². The molecule has 1 amide bonds. The maximum absolute atomic E-state index is 12.2. The number of anilines is 1. The SMILES string of the molecule is O=C(c1ccc(=O)[nH]n1)N1CCN(c2cnccn2)CC1. The van der Waals surface area contributed by atoms with Crippen molar-refractivity contribution in [3.8, 4) is 0 Å². The average molecular weight is 286 g/mol. The fourth-order valence-electron chi connectivity index (χ4n) is 2.22. The number of hydrogen-bond acceptors (Lipinski definition) is 6. The van der Waals surface area contributed by atoms with E-state index in [9.17, 15) is 9.59 Å². The van der Waals surface area contributed by atoms with Crippen LogP contribution in [-0.2, 0) is 0 Å². The Balaban J connectivity index is 1.64. The smallest absolute Gasteiger partial charge is 0.274 e. The van der Waals surface area contributed by atoms with E-state index >= 15 is 0 Å². The molecule has 0 atom stereocenters. The van der Waals surface area contributed by atoms with E-state index in [1.807, 2.05) is 0 Å². The van der Waals surface area contributed by atoms with Crippen molar-refractivity contribution in [1.82, 2.24) is 25.1 Å². The number of nitrogens with zero attached hydrogens (tertiary/aromatic N) is 5. The van der Waals surface area contributed by atoms with Crippen molar-refractivity contribution < 1.29 is 4.79 Å². The van der Waals surface area contributed by atoms with Crippen LogP contribution in [0.1, 0.15) is 10.5 Å². The molecule has 1 N–H and O–H groups in total. The van der Waals surface area contributed by atoms with E-state index < -0.39 is 0 Å². The van der Waals surface area contributed by atoms with Gasteiger partial charge in [-0.3, -0.25) is 14.6 Å². The third kappa shape index (κ3) is 2.88. The molecular formula is C13H14N6O2. The summed E-state index contributed by atoms with van der Waals surface area (Å²) in [4.78, 5) is 35.3. The normalized spacial score (nSPS) is 15.0. The molecule has 3 heterocycles. The number of rotatable bonds is 2. The Morgan fingerprint density at radius 1 is 1.14 bits per heavy atom. The molecular weight excluding hydrogens is 272 g/mol. The number of aromatic nitrogens is 4. The first-order valence-corrected chi connectivity index (χ1v) is 6.60. The molecule has 0 unspecified atom stereocenters. The van der Waals surface area contributed by atoms with Crippen LogP contribution in [0, 0.1) is 0 Å². The maximum atomic E-state index is 12.2. The molecule has 1 fully saturated rings. The Hall–Kier alpha value is -2.77. The molecule has 0 spiro atoms. The first-order valence-electron chi connectivity index (χ1n) is 6.60. The lowest BCUT2D eigenvalue weighted by atomic mass is 10.2. The van der Waals surface area contributed by atoms with Crippen molar-refractivity contribution >= 4 is 11.7 Å². The van der Waals surface area contributed by atoms with Crippen molar-refractivity contribution in [2.24, 2.45) is 0 Å². The van der Waals surface area contributed by atoms with Crippen molar-refractivity contribution in [2.45, 2.75) is 0 Å². The van der Waals surface area contributed by atoms with Gasteiger partial charge in [0.05, 0.1) is 6.20 Å². The van der Waals surface area contributed by atoms with Gasteiger partial charge in [0.15, 0.2) is 0 Å². The lowest BCUT2D eigenvalue weighted by molar-refractivity contribution is 0.0739. The summed E-state index contributed by atoms with van der Waals surface area (Å²) in [5, 5.41) is 6.04. The van der Waals surface area contributed by atoms with Crippen LogP contribution in [0.15, 0.2) is 35.5 Å². The molecule has 0 aromatic carbocycles. The molecule has 0 saturated carbocycles. The van der Waals surface area contributed by atoms with Gasteiger partial charge in [-0.05, 0) is 6.07 Å². The summed E-state index contributed by atoms with van der Waals surface area (Å²) in [5.74, 6) is 0.636. The molecule has 0 radical (unpaired) electrons. The number of H-pyrrole nitrogens is 1. The van der Waals surface area contributed by atoms with Gasteiger partial charge < -0.3 is 9.80 Å². The zero-order valence-corrected chi connectivity index (χ0v) is 11.3. The molecule has 8 nitrogen and oxygen atoms in total. The van der Waals surface area contributed by atoms with E-state index in [1.165, 1.54) is 12.1 Å². The van der Waals surface area contributed by atoms with Crippen LogP contribution in [0.2, 0.25) is 0 Å². The monoisotopic (exact) mass is 286 g/mol. The second-order valence-corrected chi connectivity index (χ2v) is 4.65. The third-order valence-electron chi connectivity index (χ3n) is 3.34. The molecule has 3 rings (SSSR count). The van der Waals surface area contributed by atoms with Gasteiger partial charge in [-0.2, -0.15) is 5.10 Å². The number of piperazine rings is 1. The molecule has 0 bridgehead atoms. The molecule has 108 valence electrons. The first-order chi connectivity index (χ1) is 10.2. The summed E-state index contributed by atoms with van der Waals surface area (Å²) in [6.07, 6.45) is 4.99. The highest BCUT2D eigenvalue weighted by Crippen LogP contribution is 2.12. The lowest BCUT2D eigenvalue weighted by Gasteiger charge is -2.34. The van der Waals surface area contributed by atoms with E-state index in [4.69, 9.17) is 0 Å². The second-order valence-electron chi connectivity index (χ2n) is 4.65. The minimum Gasteiger partial charge on any atom is -0.352 e. The number of carbonyl (C=O) groups excluding carboxylic acids is 1. The fraction of sp³-hybridized carbons (Fsp3) is 0.308. The van der Waals surface area contributed by atoms with E-state index in [0.717, 1.165) is 5.82 Å². The highest BCUT2D eigenvalue weighted by Gasteiger charge is 2.23. The predicted octanol–water partition coefficient (Wildman–Crippen LogP) is -0.478. The minimum absolute atomic E-state index is 0.176. The molecule has 2 aromatic rings. The Labute approximate surface area is 120 Å². The second kappa shape index (κ2) is 5.70. The molecule has 8 heteroatoms. The average Bonchev–Trinajstić information content (AvgIpc) is 2.56. The summed E-state index contributed by atoms with van der Waals surface area (Å²) in [5.41, 5.74) is -0.0680. The molecule has 1 aliphatic heterocycles. The van der Waals surface area contributed by atoms with Crippen LogP contribution >= 0.6 is 0 Å². The van der Waals surface area contributed by atoms with Gasteiger partial charge in [0.2, 0.25) is 0 Å². The third-order valence-corrected chi connectivity index (χ3v) is 3.34. The van der Waals surface area contributed by atoms with Gasteiger partial charge in [-0.1, -0.05) is 0 Å². The Bertz CT molecular complexity index is 658. The van der Waals surface area contributed by atoms with Gasteiger partial charge in [-0.25, -0.2) is 10.1 Å². The van der Waals surface area contributed by atoms with Crippen molar-refractivity contribution in [1.29, 1.82) is 0 Å². The summed E-state index contributed by atoms with van der Waals surface area (Å²) >= 11 is 0. The number of aromatic amines is 1. The van der Waals surface area contributed by atoms with Crippen LogP contribution in [0.5, 0.6) is 0 Å². The number of nitrogens with one attached hydrogen (secondary N) is 1. The van der Waals surface area contributed by atoms with Crippen LogP contribution in [-0.4, -0.2) is 57.2 Å². The van der Waals surface area contributed by atoms with Gasteiger partial charge in [0.1, 0.15) is 11.5 Å². The molecule has 2 aromatic heterocycles. The summed E-state index contributed by atoms with van der Waals surface area (Å²) in [6, 6.07) is 2.74.